The number of amides is 2. The van der Waals surface area contributed by atoms with Gasteiger partial charge in [0.2, 0.25) is 5.91 Å². The van der Waals surface area contributed by atoms with Gasteiger partial charge in [0.25, 0.3) is 5.91 Å². The van der Waals surface area contributed by atoms with E-state index >= 15 is 0 Å². The maximum absolute atomic E-state index is 13.5. The van der Waals surface area contributed by atoms with E-state index in [4.69, 9.17) is 4.74 Å². The molecule has 0 aromatic heterocycles. The molecule has 1 heterocycles. The van der Waals surface area contributed by atoms with Gasteiger partial charge in [-0.15, -0.1) is 0 Å². The van der Waals surface area contributed by atoms with Crippen molar-refractivity contribution < 1.29 is 18.7 Å². The molecule has 2 aliphatic rings. The highest BCUT2D eigenvalue weighted by Crippen LogP contribution is 2.34. The number of carbonyl (C=O) groups excluding carboxylic acids is 2. The van der Waals surface area contributed by atoms with Crippen molar-refractivity contribution in [2.24, 2.45) is 11.0 Å². The monoisotopic (exact) mass is 423 g/mol. The van der Waals surface area contributed by atoms with Gasteiger partial charge in [-0.1, -0.05) is 18.6 Å². The van der Waals surface area contributed by atoms with Gasteiger partial charge >= 0.3 is 0 Å². The number of halogens is 1. The molecule has 0 bridgehead atoms. The van der Waals surface area contributed by atoms with Crippen LogP contribution in [0.1, 0.15) is 42.9 Å². The molecule has 0 N–H and O–H groups in total. The van der Waals surface area contributed by atoms with Gasteiger partial charge in [-0.05, 0) is 60.4 Å². The third-order valence-corrected chi connectivity index (χ3v) is 6.05. The summed E-state index contributed by atoms with van der Waals surface area (Å²) in [4.78, 5) is 27.1. The van der Waals surface area contributed by atoms with E-state index < -0.39 is 0 Å². The number of rotatable bonds is 6. The Morgan fingerprint density at radius 2 is 1.81 bits per heavy atom. The van der Waals surface area contributed by atoms with Crippen LogP contribution in [0.2, 0.25) is 0 Å². The Morgan fingerprint density at radius 1 is 1.13 bits per heavy atom. The summed E-state index contributed by atoms with van der Waals surface area (Å²) in [5, 5.41) is 6.06. The average molecular weight is 423 g/mol. The summed E-state index contributed by atoms with van der Waals surface area (Å²) >= 11 is 0. The second kappa shape index (κ2) is 8.88. The lowest BCUT2D eigenvalue weighted by molar-refractivity contribution is -0.144. The number of benzene rings is 2. The van der Waals surface area contributed by atoms with E-state index in [-0.39, 0.29) is 36.1 Å². The Hall–Kier alpha value is -3.22. The molecule has 2 aromatic carbocycles. The fraction of sp³-hybridized carbons (Fsp3) is 0.375. The van der Waals surface area contributed by atoms with Crippen LogP contribution >= 0.6 is 0 Å². The van der Waals surface area contributed by atoms with Crippen molar-refractivity contribution in [2.75, 3.05) is 20.7 Å². The maximum atomic E-state index is 13.5. The zero-order chi connectivity index (χ0) is 22.0. The number of ether oxygens (including phenoxy) is 1. The first-order valence-corrected chi connectivity index (χ1v) is 10.5. The molecular formula is C24H26FN3O3. The highest BCUT2D eigenvalue weighted by atomic mass is 19.1. The van der Waals surface area contributed by atoms with E-state index in [1.165, 1.54) is 22.0 Å². The number of carbonyl (C=O) groups is 2. The Bertz CT molecular complexity index is 984. The molecule has 0 radical (unpaired) electrons. The fourth-order valence-corrected chi connectivity index (χ4v) is 3.96. The second-order valence-electron chi connectivity index (χ2n) is 8.11. The first kappa shape index (κ1) is 21.0. The number of likely N-dealkylation sites (N-methyl/N-ethyl adjacent to an activating group) is 1. The lowest BCUT2D eigenvalue weighted by atomic mass is 9.84. The molecule has 1 aliphatic carbocycles. The van der Waals surface area contributed by atoms with Crippen molar-refractivity contribution >= 4 is 17.5 Å². The molecule has 1 fully saturated rings. The number of hydrogen-bond donors (Lipinski definition) is 0. The van der Waals surface area contributed by atoms with Crippen molar-refractivity contribution in [2.45, 2.75) is 31.7 Å². The van der Waals surface area contributed by atoms with Crippen molar-refractivity contribution in [3.63, 3.8) is 0 Å². The number of nitrogens with zero attached hydrogens (tertiary/aromatic N) is 3. The predicted octanol–water partition coefficient (Wildman–Crippen LogP) is 3.77. The van der Waals surface area contributed by atoms with E-state index in [0.29, 0.717) is 6.42 Å². The van der Waals surface area contributed by atoms with E-state index in [0.717, 1.165) is 41.9 Å². The van der Waals surface area contributed by atoms with Crippen molar-refractivity contribution in [3.8, 4) is 5.75 Å². The zero-order valence-electron chi connectivity index (χ0n) is 17.8. The van der Waals surface area contributed by atoms with Crippen molar-refractivity contribution in [1.82, 2.24) is 9.91 Å². The Kier molecular flexibility index (Phi) is 6.02. The molecule has 31 heavy (non-hydrogen) atoms. The van der Waals surface area contributed by atoms with Crippen LogP contribution in [0.5, 0.6) is 5.75 Å². The molecule has 162 valence electrons. The normalized spacial score (nSPS) is 18.4. The molecule has 2 aromatic rings. The van der Waals surface area contributed by atoms with Gasteiger partial charge in [-0.3, -0.25) is 9.59 Å². The molecule has 7 heteroatoms. The van der Waals surface area contributed by atoms with Crippen LogP contribution in [-0.4, -0.2) is 48.1 Å². The quantitative estimate of drug-likeness (QED) is 0.711. The third-order valence-electron chi connectivity index (χ3n) is 6.05. The van der Waals surface area contributed by atoms with E-state index in [1.807, 2.05) is 24.3 Å². The van der Waals surface area contributed by atoms with Gasteiger partial charge in [0.15, 0.2) is 0 Å². The smallest absolute Gasteiger partial charge is 0.262 e. The van der Waals surface area contributed by atoms with E-state index in [1.54, 1.807) is 26.3 Å². The fourth-order valence-electron chi connectivity index (χ4n) is 3.96. The molecule has 1 saturated carbocycles. The van der Waals surface area contributed by atoms with Crippen molar-refractivity contribution in [1.29, 1.82) is 0 Å². The lowest BCUT2D eigenvalue weighted by Crippen LogP contribution is -2.42. The zero-order valence-corrected chi connectivity index (χ0v) is 17.8. The molecule has 1 aliphatic heterocycles. The lowest BCUT2D eigenvalue weighted by Gasteiger charge is -2.30. The van der Waals surface area contributed by atoms with Gasteiger partial charge in [-0.2, -0.15) is 5.10 Å². The van der Waals surface area contributed by atoms with Crippen LogP contribution in [0.15, 0.2) is 53.6 Å². The minimum absolute atomic E-state index is 0.0106. The molecule has 1 unspecified atom stereocenters. The van der Waals surface area contributed by atoms with E-state index in [2.05, 4.69) is 5.10 Å². The number of hydrogen-bond acceptors (Lipinski definition) is 4. The predicted molar refractivity (Wildman–Crippen MR) is 115 cm³/mol. The highest BCUT2D eigenvalue weighted by Gasteiger charge is 2.35. The maximum Gasteiger partial charge on any atom is 0.262 e. The van der Waals surface area contributed by atoms with Crippen molar-refractivity contribution in [3.05, 3.63) is 65.5 Å². The Balaban J connectivity index is 1.57. The standard InChI is InChI=1S/C24H26FN3O3/c1-27(24(30)18-4-3-5-18)15-23(29)28-22(17-6-10-19(25)11-7-17)14-21(26-28)16-8-12-20(31-2)13-9-16/h6-13,18,22H,3-5,14-15H2,1-2H3. The Labute approximate surface area is 181 Å². The van der Waals surface area contributed by atoms with Crippen LogP contribution < -0.4 is 4.74 Å². The molecule has 4 rings (SSSR count). The van der Waals surface area contributed by atoms with E-state index in [9.17, 15) is 14.0 Å². The summed E-state index contributed by atoms with van der Waals surface area (Å²) in [5.41, 5.74) is 2.45. The summed E-state index contributed by atoms with van der Waals surface area (Å²) < 4.78 is 18.7. The molecule has 0 spiro atoms. The topological polar surface area (TPSA) is 62.2 Å². The molecule has 2 amide bonds. The first-order valence-electron chi connectivity index (χ1n) is 10.5. The summed E-state index contributed by atoms with van der Waals surface area (Å²) in [7, 11) is 3.27. The molecule has 1 atom stereocenters. The summed E-state index contributed by atoms with van der Waals surface area (Å²) in [5.74, 6) is 0.190. The molecule has 0 saturated heterocycles. The summed E-state index contributed by atoms with van der Waals surface area (Å²) in [6.07, 6.45) is 3.34. The minimum atomic E-state index is -0.350. The molecule has 6 nitrogen and oxygen atoms in total. The van der Waals surface area contributed by atoms with Gasteiger partial charge in [0.05, 0.1) is 18.9 Å². The molecular weight excluding hydrogens is 397 g/mol. The summed E-state index contributed by atoms with van der Waals surface area (Å²) in [6, 6.07) is 13.3. The van der Waals surface area contributed by atoms with Crippen LogP contribution in [0.4, 0.5) is 4.39 Å². The summed E-state index contributed by atoms with van der Waals surface area (Å²) in [6.45, 7) is -0.0353. The average Bonchev–Trinajstić information content (AvgIpc) is 3.18. The second-order valence-corrected chi connectivity index (χ2v) is 8.11. The number of hydrazone groups is 1. The number of methoxy groups -OCH3 is 1. The minimum Gasteiger partial charge on any atom is -0.497 e. The van der Waals surface area contributed by atoms with Gasteiger partial charge in [-0.25, -0.2) is 9.40 Å². The first-order chi connectivity index (χ1) is 15.0. The van der Waals surface area contributed by atoms with Gasteiger partial charge < -0.3 is 9.64 Å². The van der Waals surface area contributed by atoms with Crippen LogP contribution in [-0.2, 0) is 9.59 Å². The highest BCUT2D eigenvalue weighted by molar-refractivity contribution is 6.03. The van der Waals surface area contributed by atoms with Gasteiger partial charge in [0, 0.05) is 19.4 Å². The Morgan fingerprint density at radius 3 is 2.39 bits per heavy atom. The van der Waals surface area contributed by atoms with Crippen LogP contribution in [0.25, 0.3) is 0 Å². The largest absolute Gasteiger partial charge is 0.497 e. The van der Waals surface area contributed by atoms with Crippen LogP contribution in [0, 0.1) is 11.7 Å². The SMILES string of the molecule is COc1ccc(C2=NN(C(=O)CN(C)C(=O)C3CCC3)C(c3ccc(F)cc3)C2)cc1. The van der Waals surface area contributed by atoms with Gasteiger partial charge in [0.1, 0.15) is 18.1 Å². The third kappa shape index (κ3) is 4.45. The van der Waals surface area contributed by atoms with Crippen LogP contribution in [0.3, 0.4) is 0 Å².